The van der Waals surface area contributed by atoms with Crippen molar-refractivity contribution < 1.29 is 28.6 Å². The van der Waals surface area contributed by atoms with Gasteiger partial charge in [0.1, 0.15) is 13.2 Å². The first-order valence-corrected chi connectivity index (χ1v) is 26.7. The highest BCUT2D eigenvalue weighted by atomic mass is 16.6. The van der Waals surface area contributed by atoms with Gasteiger partial charge in [0, 0.05) is 19.3 Å². The Bertz CT molecular complexity index is 916. The molecule has 6 heteroatoms. The zero-order chi connectivity index (χ0) is 44.0. The van der Waals surface area contributed by atoms with Crippen LogP contribution in [0, 0.1) is 11.8 Å². The summed E-state index contributed by atoms with van der Waals surface area (Å²) in [5.41, 5.74) is 0. The number of rotatable bonds is 48. The minimum Gasteiger partial charge on any atom is -0.462 e. The molecule has 6 nitrogen and oxygen atoms in total. The first-order valence-electron chi connectivity index (χ1n) is 26.7. The summed E-state index contributed by atoms with van der Waals surface area (Å²) in [5.74, 6) is 0.821. The molecule has 0 aromatic rings. The average Bonchev–Trinajstić information content (AvgIpc) is 3.22. The smallest absolute Gasteiger partial charge is 0.306 e. The van der Waals surface area contributed by atoms with Gasteiger partial charge < -0.3 is 14.2 Å². The van der Waals surface area contributed by atoms with Crippen molar-refractivity contribution >= 4 is 17.9 Å². The topological polar surface area (TPSA) is 78.9 Å². The molecule has 0 rings (SSSR count). The maximum absolute atomic E-state index is 12.8. The van der Waals surface area contributed by atoms with Gasteiger partial charge >= 0.3 is 17.9 Å². The lowest BCUT2D eigenvalue weighted by atomic mass is 10.0. The second kappa shape index (κ2) is 46.9. The molecule has 1 atom stereocenters. The second-order valence-corrected chi connectivity index (χ2v) is 19.5. The molecule has 0 N–H and O–H groups in total. The molecule has 0 aliphatic rings. The predicted octanol–water partition coefficient (Wildman–Crippen LogP) is 17.3. The Balaban J connectivity index is 4.29. The predicted molar refractivity (Wildman–Crippen MR) is 256 cm³/mol. The summed E-state index contributed by atoms with van der Waals surface area (Å²) in [5, 5.41) is 0. The summed E-state index contributed by atoms with van der Waals surface area (Å²) in [6.45, 7) is 11.4. The highest BCUT2D eigenvalue weighted by molar-refractivity contribution is 5.71. The van der Waals surface area contributed by atoms with Gasteiger partial charge in [-0.3, -0.25) is 14.4 Å². The zero-order valence-electron chi connectivity index (χ0n) is 41.1. The molecule has 0 aliphatic heterocycles. The summed E-state index contributed by atoms with van der Waals surface area (Å²) in [6, 6.07) is 0. The van der Waals surface area contributed by atoms with Gasteiger partial charge in [-0.15, -0.1) is 0 Å². The van der Waals surface area contributed by atoms with Crippen molar-refractivity contribution in [2.75, 3.05) is 13.2 Å². The van der Waals surface area contributed by atoms with E-state index in [9.17, 15) is 14.4 Å². The molecule has 0 unspecified atom stereocenters. The maximum atomic E-state index is 12.8. The van der Waals surface area contributed by atoms with Crippen LogP contribution in [0.15, 0.2) is 0 Å². The van der Waals surface area contributed by atoms with Crippen molar-refractivity contribution in [3.8, 4) is 0 Å². The van der Waals surface area contributed by atoms with Crippen LogP contribution in [0.2, 0.25) is 0 Å². The third kappa shape index (κ3) is 47.5. The number of carbonyl (C=O) groups excluding carboxylic acids is 3. The number of hydrogen-bond acceptors (Lipinski definition) is 6. The van der Waals surface area contributed by atoms with E-state index in [4.69, 9.17) is 14.2 Å². The van der Waals surface area contributed by atoms with Gasteiger partial charge in [-0.05, 0) is 31.1 Å². The van der Waals surface area contributed by atoms with Gasteiger partial charge in [-0.25, -0.2) is 0 Å². The average molecular weight is 849 g/mol. The van der Waals surface area contributed by atoms with Crippen LogP contribution in [0.1, 0.15) is 298 Å². The third-order valence-electron chi connectivity index (χ3n) is 12.2. The van der Waals surface area contributed by atoms with E-state index in [1.54, 1.807) is 0 Å². The fraction of sp³-hybridized carbons (Fsp3) is 0.944. The first kappa shape index (κ1) is 58.4. The molecule has 0 saturated carbocycles. The molecule has 356 valence electrons. The molecule has 0 amide bonds. The molecule has 0 fully saturated rings. The monoisotopic (exact) mass is 849 g/mol. The van der Waals surface area contributed by atoms with E-state index in [0.717, 1.165) is 69.6 Å². The Labute approximate surface area is 374 Å². The molecule has 0 saturated heterocycles. The van der Waals surface area contributed by atoms with Crippen LogP contribution >= 0.6 is 0 Å². The first-order chi connectivity index (χ1) is 29.2. The van der Waals surface area contributed by atoms with E-state index in [-0.39, 0.29) is 31.1 Å². The van der Waals surface area contributed by atoms with Crippen LogP contribution in [0.3, 0.4) is 0 Å². The van der Waals surface area contributed by atoms with Gasteiger partial charge in [0.2, 0.25) is 0 Å². The molecule has 0 aliphatic carbocycles. The van der Waals surface area contributed by atoms with Crippen molar-refractivity contribution in [1.82, 2.24) is 0 Å². The lowest BCUT2D eigenvalue weighted by molar-refractivity contribution is -0.167. The molecular weight excluding hydrogens is 745 g/mol. The Hall–Kier alpha value is -1.59. The second-order valence-electron chi connectivity index (χ2n) is 19.5. The Morgan fingerprint density at radius 3 is 0.817 bits per heavy atom. The molecule has 0 aromatic heterocycles. The van der Waals surface area contributed by atoms with E-state index >= 15 is 0 Å². The fourth-order valence-electron chi connectivity index (χ4n) is 8.17. The molecule has 0 spiro atoms. The highest BCUT2D eigenvalue weighted by Crippen LogP contribution is 2.17. The van der Waals surface area contributed by atoms with E-state index in [0.29, 0.717) is 19.3 Å². The summed E-state index contributed by atoms with van der Waals surface area (Å²) in [7, 11) is 0. The largest absolute Gasteiger partial charge is 0.462 e. The van der Waals surface area contributed by atoms with Crippen LogP contribution in [-0.4, -0.2) is 37.2 Å². The SMILES string of the molecule is CCCCCCCCCCCCCCC(=O)O[C@H](COC(=O)CCCCCCCCCCCCCCCC(C)C)COC(=O)CCCCCCCCCCCCCC(C)C. The number of carbonyl (C=O) groups is 3. The normalized spacial score (nSPS) is 12.1. The number of unbranched alkanes of at least 4 members (excludes halogenated alkanes) is 33. The number of hydrogen-bond donors (Lipinski definition) is 0. The molecule has 0 bridgehead atoms. The molecule has 0 heterocycles. The van der Waals surface area contributed by atoms with Crippen LogP contribution in [0.25, 0.3) is 0 Å². The summed E-state index contributed by atoms with van der Waals surface area (Å²) >= 11 is 0. The Kier molecular flexibility index (Phi) is 45.7. The Morgan fingerprint density at radius 1 is 0.317 bits per heavy atom. The summed E-state index contributed by atoms with van der Waals surface area (Å²) in [6.07, 6.45) is 48.0. The van der Waals surface area contributed by atoms with E-state index in [1.807, 2.05) is 0 Å². The van der Waals surface area contributed by atoms with Crippen molar-refractivity contribution in [3.05, 3.63) is 0 Å². The quantitative estimate of drug-likeness (QED) is 0.0345. The van der Waals surface area contributed by atoms with Crippen molar-refractivity contribution in [2.45, 2.75) is 304 Å². The highest BCUT2D eigenvalue weighted by Gasteiger charge is 2.19. The molecule has 60 heavy (non-hydrogen) atoms. The molecule has 0 radical (unpaired) electrons. The number of ether oxygens (including phenoxy) is 3. The number of esters is 3. The van der Waals surface area contributed by atoms with Crippen LogP contribution in [-0.2, 0) is 28.6 Å². The van der Waals surface area contributed by atoms with Gasteiger partial charge in [0.15, 0.2) is 6.10 Å². The molecule has 0 aromatic carbocycles. The van der Waals surface area contributed by atoms with E-state index < -0.39 is 6.10 Å². The zero-order valence-corrected chi connectivity index (χ0v) is 41.1. The van der Waals surface area contributed by atoms with Gasteiger partial charge in [-0.1, -0.05) is 259 Å². The minimum absolute atomic E-state index is 0.0633. The van der Waals surface area contributed by atoms with E-state index in [1.165, 1.54) is 186 Å². The lowest BCUT2D eigenvalue weighted by Crippen LogP contribution is -2.30. The maximum Gasteiger partial charge on any atom is 0.306 e. The summed E-state index contributed by atoms with van der Waals surface area (Å²) < 4.78 is 16.8. The third-order valence-corrected chi connectivity index (χ3v) is 12.2. The van der Waals surface area contributed by atoms with Crippen LogP contribution in [0.4, 0.5) is 0 Å². The summed E-state index contributed by atoms with van der Waals surface area (Å²) in [4.78, 5) is 38.0. The van der Waals surface area contributed by atoms with E-state index in [2.05, 4.69) is 34.6 Å². The van der Waals surface area contributed by atoms with Crippen LogP contribution in [0.5, 0.6) is 0 Å². The van der Waals surface area contributed by atoms with Crippen molar-refractivity contribution in [2.24, 2.45) is 11.8 Å². The molecular formula is C54H104O6. The van der Waals surface area contributed by atoms with Gasteiger partial charge in [-0.2, -0.15) is 0 Å². The fourth-order valence-corrected chi connectivity index (χ4v) is 8.17. The van der Waals surface area contributed by atoms with Gasteiger partial charge in [0.25, 0.3) is 0 Å². The minimum atomic E-state index is -0.761. The van der Waals surface area contributed by atoms with Crippen molar-refractivity contribution in [3.63, 3.8) is 0 Å². The van der Waals surface area contributed by atoms with Crippen LogP contribution < -0.4 is 0 Å². The lowest BCUT2D eigenvalue weighted by Gasteiger charge is -2.18. The standard InChI is InChI=1S/C54H104O6/c1-6-7-8-9-10-11-12-19-26-31-36-41-46-54(57)60-51(48-59-53(56)45-40-35-30-25-21-16-18-23-28-33-38-43-50(4)5)47-58-52(55)44-39-34-29-24-20-15-13-14-17-22-27-32-37-42-49(2)3/h49-51H,6-48H2,1-5H3/t51-/m1/s1. The van der Waals surface area contributed by atoms with Gasteiger partial charge in [0.05, 0.1) is 0 Å². The van der Waals surface area contributed by atoms with Crippen molar-refractivity contribution in [1.29, 1.82) is 0 Å². The Morgan fingerprint density at radius 2 is 0.550 bits per heavy atom.